The van der Waals surface area contributed by atoms with E-state index >= 15 is 0 Å². The van der Waals surface area contributed by atoms with E-state index < -0.39 is 0 Å². The molecule has 0 bridgehead atoms. The Kier molecular flexibility index (Phi) is 5.51. The fourth-order valence-corrected chi connectivity index (χ4v) is 1.87. The van der Waals surface area contributed by atoms with E-state index in [0.717, 1.165) is 5.76 Å². The number of nitrogens with zero attached hydrogens (tertiary/aromatic N) is 1. The van der Waals surface area contributed by atoms with Crippen molar-refractivity contribution >= 4 is 5.91 Å². The average molecular weight is 247 g/mol. The van der Waals surface area contributed by atoms with E-state index in [4.69, 9.17) is 10.8 Å². The van der Waals surface area contributed by atoms with Gasteiger partial charge in [0.1, 0.15) is 5.76 Å². The van der Waals surface area contributed by atoms with E-state index in [2.05, 4.69) is 19.8 Å². The van der Waals surface area contributed by atoms with E-state index in [-0.39, 0.29) is 11.8 Å². The molecule has 0 aliphatic carbocycles. The second-order valence-electron chi connectivity index (χ2n) is 4.84. The maximum Gasteiger partial charge on any atom is 0.223 e. The highest BCUT2D eigenvalue weighted by atomic mass is 16.3. The third-order valence-corrected chi connectivity index (χ3v) is 3.13. The van der Waals surface area contributed by atoms with Crippen molar-refractivity contribution in [2.75, 3.05) is 13.6 Å². The van der Waals surface area contributed by atoms with Gasteiger partial charge in [0.2, 0.25) is 5.91 Å². The van der Waals surface area contributed by atoms with Crippen LogP contribution in [0, 0.1) is 18.3 Å². The van der Waals surface area contributed by atoms with Crippen molar-refractivity contribution in [1.82, 2.24) is 4.90 Å². The minimum absolute atomic E-state index is 0.111. The standard InChI is InChI=1S/C15H21NO2/c1-5-6-9-16(4)15(17)11-13(12(2)3)14-8-7-10-18-14/h1,7-8,10,12-13H,6,9,11H2,2-4H3/t13-/m0/s1. The molecule has 0 unspecified atom stereocenters. The summed E-state index contributed by atoms with van der Waals surface area (Å²) in [6.45, 7) is 4.81. The summed E-state index contributed by atoms with van der Waals surface area (Å²) in [5.74, 6) is 4.02. The number of amides is 1. The summed E-state index contributed by atoms with van der Waals surface area (Å²) >= 11 is 0. The van der Waals surface area contributed by atoms with Crippen LogP contribution in [0.15, 0.2) is 22.8 Å². The molecule has 0 aromatic carbocycles. The van der Waals surface area contributed by atoms with Gasteiger partial charge in [0.05, 0.1) is 6.26 Å². The second kappa shape index (κ2) is 6.90. The molecular weight excluding hydrogens is 226 g/mol. The molecule has 0 saturated heterocycles. The van der Waals surface area contributed by atoms with Crippen LogP contribution in [0.5, 0.6) is 0 Å². The Morgan fingerprint density at radius 3 is 2.78 bits per heavy atom. The van der Waals surface area contributed by atoms with Crippen LogP contribution in [0.25, 0.3) is 0 Å². The van der Waals surface area contributed by atoms with Gasteiger partial charge < -0.3 is 9.32 Å². The number of terminal acetylenes is 1. The number of carbonyl (C=O) groups excluding carboxylic acids is 1. The van der Waals surface area contributed by atoms with Gasteiger partial charge in [-0.3, -0.25) is 4.79 Å². The minimum atomic E-state index is 0.111. The van der Waals surface area contributed by atoms with Crippen molar-refractivity contribution in [2.24, 2.45) is 5.92 Å². The first-order valence-electron chi connectivity index (χ1n) is 6.27. The van der Waals surface area contributed by atoms with Gasteiger partial charge in [-0.05, 0) is 18.1 Å². The van der Waals surface area contributed by atoms with Gasteiger partial charge in [-0.25, -0.2) is 0 Å². The Hall–Kier alpha value is -1.69. The molecule has 1 heterocycles. The summed E-state index contributed by atoms with van der Waals surface area (Å²) in [5.41, 5.74) is 0. The third kappa shape index (κ3) is 3.96. The molecule has 0 aliphatic heterocycles. The summed E-state index contributed by atoms with van der Waals surface area (Å²) in [6, 6.07) is 3.79. The normalized spacial score (nSPS) is 12.2. The van der Waals surface area contributed by atoms with Crippen molar-refractivity contribution in [3.8, 4) is 12.3 Å². The molecule has 1 amide bonds. The molecule has 0 aliphatic rings. The van der Waals surface area contributed by atoms with Gasteiger partial charge in [-0.2, -0.15) is 0 Å². The van der Waals surface area contributed by atoms with Gasteiger partial charge in [0, 0.05) is 32.4 Å². The quantitative estimate of drug-likeness (QED) is 0.724. The molecule has 3 heteroatoms. The summed E-state index contributed by atoms with van der Waals surface area (Å²) in [7, 11) is 1.79. The van der Waals surface area contributed by atoms with Gasteiger partial charge in [-0.15, -0.1) is 12.3 Å². The fourth-order valence-electron chi connectivity index (χ4n) is 1.87. The Balaban J connectivity index is 2.62. The summed E-state index contributed by atoms with van der Waals surface area (Å²) in [4.78, 5) is 13.8. The largest absolute Gasteiger partial charge is 0.469 e. The first kappa shape index (κ1) is 14.4. The van der Waals surface area contributed by atoms with Crippen LogP contribution in [0.2, 0.25) is 0 Å². The molecule has 1 rings (SSSR count). The average Bonchev–Trinajstić information content (AvgIpc) is 2.85. The van der Waals surface area contributed by atoms with E-state index in [1.54, 1.807) is 18.2 Å². The summed E-state index contributed by atoms with van der Waals surface area (Å²) in [5, 5.41) is 0. The molecule has 98 valence electrons. The third-order valence-electron chi connectivity index (χ3n) is 3.13. The Morgan fingerprint density at radius 2 is 2.28 bits per heavy atom. The highest BCUT2D eigenvalue weighted by molar-refractivity contribution is 5.76. The number of carbonyl (C=O) groups is 1. The van der Waals surface area contributed by atoms with Crippen molar-refractivity contribution in [3.63, 3.8) is 0 Å². The van der Waals surface area contributed by atoms with E-state index in [1.807, 2.05) is 12.1 Å². The molecule has 0 N–H and O–H groups in total. The smallest absolute Gasteiger partial charge is 0.223 e. The molecule has 1 aromatic rings. The van der Waals surface area contributed by atoms with Crippen LogP contribution < -0.4 is 0 Å². The number of hydrogen-bond acceptors (Lipinski definition) is 2. The molecular formula is C15H21NO2. The topological polar surface area (TPSA) is 33.5 Å². The van der Waals surface area contributed by atoms with Crippen LogP contribution in [0.1, 0.15) is 38.4 Å². The molecule has 0 fully saturated rings. The lowest BCUT2D eigenvalue weighted by Gasteiger charge is -2.22. The van der Waals surface area contributed by atoms with Crippen LogP contribution in [-0.2, 0) is 4.79 Å². The zero-order chi connectivity index (χ0) is 13.5. The monoisotopic (exact) mass is 247 g/mol. The lowest BCUT2D eigenvalue weighted by Crippen LogP contribution is -2.29. The zero-order valence-corrected chi connectivity index (χ0v) is 11.3. The van der Waals surface area contributed by atoms with Gasteiger partial charge >= 0.3 is 0 Å². The lowest BCUT2D eigenvalue weighted by molar-refractivity contribution is -0.130. The van der Waals surface area contributed by atoms with Crippen LogP contribution in [-0.4, -0.2) is 24.4 Å². The number of rotatable bonds is 6. The number of hydrogen-bond donors (Lipinski definition) is 0. The highest BCUT2D eigenvalue weighted by Gasteiger charge is 2.23. The van der Waals surface area contributed by atoms with Crippen LogP contribution in [0.4, 0.5) is 0 Å². The summed E-state index contributed by atoms with van der Waals surface area (Å²) in [6.07, 6.45) is 7.91. The predicted molar refractivity (Wildman–Crippen MR) is 72.0 cm³/mol. The van der Waals surface area contributed by atoms with Crippen LogP contribution >= 0.6 is 0 Å². The Morgan fingerprint density at radius 1 is 1.56 bits per heavy atom. The minimum Gasteiger partial charge on any atom is -0.469 e. The van der Waals surface area contributed by atoms with E-state index in [9.17, 15) is 4.79 Å². The predicted octanol–water partition coefficient (Wildman–Crippen LogP) is 2.89. The molecule has 1 aromatic heterocycles. The van der Waals surface area contributed by atoms with Gasteiger partial charge in [-0.1, -0.05) is 13.8 Å². The fraction of sp³-hybridized carbons (Fsp3) is 0.533. The first-order valence-corrected chi connectivity index (χ1v) is 6.27. The molecule has 1 atom stereocenters. The molecule has 3 nitrogen and oxygen atoms in total. The second-order valence-corrected chi connectivity index (χ2v) is 4.84. The number of furan rings is 1. The Labute approximate surface area is 109 Å². The van der Waals surface area contributed by atoms with Crippen molar-refractivity contribution in [3.05, 3.63) is 24.2 Å². The highest BCUT2D eigenvalue weighted by Crippen LogP contribution is 2.28. The lowest BCUT2D eigenvalue weighted by atomic mass is 9.89. The van der Waals surface area contributed by atoms with Crippen LogP contribution in [0.3, 0.4) is 0 Å². The van der Waals surface area contributed by atoms with Gasteiger partial charge in [0.15, 0.2) is 0 Å². The molecule has 0 saturated carbocycles. The zero-order valence-electron chi connectivity index (χ0n) is 11.3. The van der Waals surface area contributed by atoms with E-state index in [0.29, 0.717) is 25.3 Å². The first-order chi connectivity index (χ1) is 8.56. The Bertz CT molecular complexity index is 401. The molecule has 0 radical (unpaired) electrons. The SMILES string of the molecule is C#CCCN(C)C(=O)C[C@H](c1ccco1)C(C)C. The maximum absolute atomic E-state index is 12.1. The molecule has 0 spiro atoms. The van der Waals surface area contributed by atoms with Gasteiger partial charge in [0.25, 0.3) is 0 Å². The van der Waals surface area contributed by atoms with Crippen molar-refractivity contribution in [1.29, 1.82) is 0 Å². The molecule has 18 heavy (non-hydrogen) atoms. The maximum atomic E-state index is 12.1. The van der Waals surface area contributed by atoms with E-state index in [1.165, 1.54) is 0 Å². The summed E-state index contributed by atoms with van der Waals surface area (Å²) < 4.78 is 5.42. The van der Waals surface area contributed by atoms with Crippen molar-refractivity contribution in [2.45, 2.75) is 32.6 Å². The van der Waals surface area contributed by atoms with Crippen molar-refractivity contribution < 1.29 is 9.21 Å².